The number of nitrogens with zero attached hydrogens (tertiary/aromatic N) is 1. The summed E-state index contributed by atoms with van der Waals surface area (Å²) in [5.74, 6) is 0.265. The van der Waals surface area contributed by atoms with Crippen LogP contribution in [-0.4, -0.2) is 55.1 Å². The van der Waals surface area contributed by atoms with Crippen molar-refractivity contribution >= 4 is 6.09 Å². The third-order valence-corrected chi connectivity index (χ3v) is 3.45. The maximum absolute atomic E-state index is 12.2. The Morgan fingerprint density at radius 2 is 1.96 bits per heavy atom. The van der Waals surface area contributed by atoms with Gasteiger partial charge in [0.15, 0.2) is 0 Å². The lowest BCUT2D eigenvalue weighted by atomic mass is 10.1. The fourth-order valence-electron chi connectivity index (χ4n) is 2.20. The van der Waals surface area contributed by atoms with E-state index < -0.39 is 5.60 Å². The molecule has 0 heterocycles. The second kappa shape index (κ2) is 9.49. The molecule has 0 spiro atoms. The summed E-state index contributed by atoms with van der Waals surface area (Å²) in [7, 11) is 1.60. The quantitative estimate of drug-likeness (QED) is 0.762. The highest BCUT2D eigenvalue weighted by Gasteiger charge is 2.22. The van der Waals surface area contributed by atoms with Crippen LogP contribution >= 0.6 is 0 Å². The number of methoxy groups -OCH3 is 1. The predicted octanol–water partition coefficient (Wildman–Crippen LogP) is 2.93. The summed E-state index contributed by atoms with van der Waals surface area (Å²) in [5.41, 5.74) is 0.303. The van der Waals surface area contributed by atoms with Crippen molar-refractivity contribution in [2.45, 2.75) is 39.3 Å². The number of phenols is 1. The van der Waals surface area contributed by atoms with Crippen molar-refractivity contribution in [2.24, 2.45) is 0 Å². The number of hydrogen-bond acceptors (Lipinski definition) is 5. The van der Waals surface area contributed by atoms with Crippen LogP contribution in [0.5, 0.6) is 5.75 Å². The Balaban J connectivity index is 2.55. The molecule has 6 nitrogen and oxygen atoms in total. The number of carbonyl (C=O) groups excluding carboxylic acids is 1. The fraction of sp³-hybridized carbons (Fsp3) is 0.611. The summed E-state index contributed by atoms with van der Waals surface area (Å²) in [6.45, 7) is 9.51. The van der Waals surface area contributed by atoms with Gasteiger partial charge in [0, 0.05) is 38.3 Å². The molecular weight excluding hydrogens is 308 g/mol. The van der Waals surface area contributed by atoms with Gasteiger partial charge in [-0.25, -0.2) is 4.79 Å². The largest absolute Gasteiger partial charge is 0.508 e. The summed E-state index contributed by atoms with van der Waals surface area (Å²) >= 11 is 0. The molecule has 0 aliphatic rings. The first-order valence-electron chi connectivity index (χ1n) is 8.22. The minimum absolute atomic E-state index is 0.0193. The van der Waals surface area contributed by atoms with Crippen LogP contribution in [0.3, 0.4) is 0 Å². The zero-order chi connectivity index (χ0) is 18.2. The van der Waals surface area contributed by atoms with Gasteiger partial charge in [0.25, 0.3) is 0 Å². The van der Waals surface area contributed by atoms with Crippen LogP contribution < -0.4 is 5.32 Å². The first kappa shape index (κ1) is 20.3. The number of phenolic OH excluding ortho intramolecular Hbond substituents is 1. The normalized spacial score (nSPS) is 12.7. The molecule has 0 aliphatic heterocycles. The molecule has 0 saturated carbocycles. The summed E-state index contributed by atoms with van der Waals surface area (Å²) in [5, 5.41) is 13.2. The number of hydrogen-bond donors (Lipinski definition) is 2. The molecule has 24 heavy (non-hydrogen) atoms. The Bertz CT molecular complexity index is 514. The smallest absolute Gasteiger partial charge is 0.410 e. The molecule has 1 aromatic carbocycles. The molecule has 1 aromatic rings. The molecular formula is C18H30N2O4. The third-order valence-electron chi connectivity index (χ3n) is 3.45. The maximum Gasteiger partial charge on any atom is 0.410 e. The molecule has 2 N–H and O–H groups in total. The zero-order valence-corrected chi connectivity index (χ0v) is 15.3. The van der Waals surface area contributed by atoms with Gasteiger partial charge in [-0.3, -0.25) is 0 Å². The van der Waals surface area contributed by atoms with Gasteiger partial charge >= 0.3 is 6.09 Å². The van der Waals surface area contributed by atoms with Crippen LogP contribution in [0.2, 0.25) is 0 Å². The number of nitrogens with one attached hydrogen (secondary N) is 1. The van der Waals surface area contributed by atoms with Gasteiger partial charge in [-0.2, -0.15) is 0 Å². The first-order valence-corrected chi connectivity index (χ1v) is 8.22. The van der Waals surface area contributed by atoms with Crippen LogP contribution in [0.4, 0.5) is 4.79 Å². The Morgan fingerprint density at radius 3 is 2.54 bits per heavy atom. The van der Waals surface area contributed by atoms with Crippen molar-refractivity contribution in [1.82, 2.24) is 10.2 Å². The van der Waals surface area contributed by atoms with Crippen molar-refractivity contribution in [3.63, 3.8) is 0 Å². The van der Waals surface area contributed by atoms with E-state index in [9.17, 15) is 9.90 Å². The molecule has 1 unspecified atom stereocenters. The third kappa shape index (κ3) is 7.19. The molecule has 0 radical (unpaired) electrons. The average molecular weight is 338 g/mol. The van der Waals surface area contributed by atoms with E-state index in [0.717, 1.165) is 5.56 Å². The fourth-order valence-corrected chi connectivity index (χ4v) is 2.20. The van der Waals surface area contributed by atoms with E-state index in [-0.39, 0.29) is 17.9 Å². The van der Waals surface area contributed by atoms with E-state index in [1.807, 2.05) is 39.8 Å². The van der Waals surface area contributed by atoms with E-state index in [1.165, 1.54) is 0 Å². The van der Waals surface area contributed by atoms with Gasteiger partial charge < -0.3 is 24.8 Å². The lowest BCUT2D eigenvalue weighted by molar-refractivity contribution is 0.0203. The van der Waals surface area contributed by atoms with Gasteiger partial charge in [0.2, 0.25) is 0 Å². The van der Waals surface area contributed by atoms with Gasteiger partial charge in [0.1, 0.15) is 11.4 Å². The second-order valence-corrected chi connectivity index (χ2v) is 6.69. The predicted molar refractivity (Wildman–Crippen MR) is 94.2 cm³/mol. The lowest BCUT2D eigenvalue weighted by Crippen LogP contribution is -2.42. The van der Waals surface area contributed by atoms with Gasteiger partial charge in [-0.15, -0.1) is 0 Å². The van der Waals surface area contributed by atoms with E-state index in [1.54, 1.807) is 24.1 Å². The molecule has 1 atom stereocenters. The second-order valence-electron chi connectivity index (χ2n) is 6.69. The number of para-hydroxylation sites is 1. The van der Waals surface area contributed by atoms with Gasteiger partial charge in [0.05, 0.1) is 6.61 Å². The van der Waals surface area contributed by atoms with E-state index in [4.69, 9.17) is 9.47 Å². The summed E-state index contributed by atoms with van der Waals surface area (Å²) in [4.78, 5) is 13.9. The first-order chi connectivity index (χ1) is 11.2. The number of amides is 1. The molecule has 136 valence electrons. The zero-order valence-electron chi connectivity index (χ0n) is 15.3. The van der Waals surface area contributed by atoms with Crippen molar-refractivity contribution in [2.75, 3.05) is 33.4 Å². The number of aromatic hydroxyl groups is 1. The van der Waals surface area contributed by atoms with Crippen molar-refractivity contribution in [3.8, 4) is 5.75 Å². The highest BCUT2D eigenvalue weighted by molar-refractivity contribution is 5.68. The molecule has 1 amide bonds. The lowest BCUT2D eigenvalue weighted by Gasteiger charge is -2.28. The van der Waals surface area contributed by atoms with Crippen LogP contribution in [0, 0.1) is 0 Å². The molecule has 6 heteroatoms. The Kier molecular flexibility index (Phi) is 8.01. The minimum Gasteiger partial charge on any atom is -0.508 e. The van der Waals surface area contributed by atoms with E-state index in [0.29, 0.717) is 26.2 Å². The standard InChI is InChI=1S/C18H30N2O4/c1-14(15-8-6-7-9-16(15)21)19-10-11-20(12-13-23-5)17(22)24-18(2,3)4/h6-9,14,19,21H,10-13H2,1-5H3. The number of ether oxygens (including phenoxy) is 2. The highest BCUT2D eigenvalue weighted by Crippen LogP contribution is 2.22. The molecule has 0 aliphatic carbocycles. The average Bonchev–Trinajstić information content (AvgIpc) is 2.49. The molecule has 0 aromatic heterocycles. The van der Waals surface area contributed by atoms with Gasteiger partial charge in [-0.05, 0) is 33.8 Å². The SMILES string of the molecule is COCCN(CCNC(C)c1ccccc1O)C(=O)OC(C)(C)C. The van der Waals surface area contributed by atoms with Crippen LogP contribution in [0.25, 0.3) is 0 Å². The number of carbonyl (C=O) groups is 1. The summed E-state index contributed by atoms with van der Waals surface area (Å²) in [6, 6.07) is 7.20. The molecule has 1 rings (SSSR count). The molecule has 0 saturated heterocycles. The van der Waals surface area contributed by atoms with Gasteiger partial charge in [-0.1, -0.05) is 18.2 Å². The van der Waals surface area contributed by atoms with Crippen LogP contribution in [0.15, 0.2) is 24.3 Å². The maximum atomic E-state index is 12.2. The summed E-state index contributed by atoms with van der Waals surface area (Å²) in [6.07, 6.45) is -0.350. The molecule has 0 bridgehead atoms. The topological polar surface area (TPSA) is 71.0 Å². The number of benzene rings is 1. The summed E-state index contributed by atoms with van der Waals surface area (Å²) < 4.78 is 10.5. The number of rotatable bonds is 8. The van der Waals surface area contributed by atoms with Crippen molar-refractivity contribution in [1.29, 1.82) is 0 Å². The van der Waals surface area contributed by atoms with Crippen LogP contribution in [-0.2, 0) is 9.47 Å². The van der Waals surface area contributed by atoms with Crippen molar-refractivity contribution in [3.05, 3.63) is 29.8 Å². The van der Waals surface area contributed by atoms with Crippen molar-refractivity contribution < 1.29 is 19.4 Å². The Hall–Kier alpha value is -1.79. The Morgan fingerprint density at radius 1 is 1.29 bits per heavy atom. The minimum atomic E-state index is -0.529. The Labute approximate surface area is 144 Å². The van der Waals surface area contributed by atoms with E-state index in [2.05, 4.69) is 5.32 Å². The monoisotopic (exact) mass is 338 g/mol. The van der Waals surface area contributed by atoms with Crippen LogP contribution in [0.1, 0.15) is 39.3 Å². The highest BCUT2D eigenvalue weighted by atomic mass is 16.6. The molecule has 0 fully saturated rings. The van der Waals surface area contributed by atoms with E-state index >= 15 is 0 Å².